The summed E-state index contributed by atoms with van der Waals surface area (Å²) in [5.41, 5.74) is 1.51. The lowest BCUT2D eigenvalue weighted by molar-refractivity contribution is 0.321. The number of halogens is 1. The lowest BCUT2D eigenvalue weighted by atomic mass is 10.0. The Labute approximate surface area is 126 Å². The van der Waals surface area contributed by atoms with Crippen molar-refractivity contribution in [1.29, 1.82) is 0 Å². The van der Waals surface area contributed by atoms with E-state index in [1.54, 1.807) is 31.2 Å². The SMILES string of the molecule is C=COc1ccc(-c2c(/C=N/O)[nH]c(C)c(Cl)c2=O)cc1. The second kappa shape index (κ2) is 6.28. The standard InChI is InChI=1S/C15H13ClN2O3/c1-3-21-11-6-4-10(5-7-11)13-12(8-17-20)18-9(2)14(16)15(13)19/h3-8,20H,1H2,2H3,(H,18,19)/b17-8+. The average molecular weight is 305 g/mol. The Morgan fingerprint density at radius 2 is 2.05 bits per heavy atom. The topological polar surface area (TPSA) is 74.7 Å². The summed E-state index contributed by atoms with van der Waals surface area (Å²) in [5, 5.41) is 11.8. The number of aromatic nitrogens is 1. The number of pyridine rings is 1. The molecule has 2 aromatic rings. The maximum Gasteiger partial charge on any atom is 0.208 e. The summed E-state index contributed by atoms with van der Waals surface area (Å²) < 4.78 is 5.13. The molecule has 0 aliphatic carbocycles. The first-order chi connectivity index (χ1) is 10.1. The molecule has 1 aromatic carbocycles. The Morgan fingerprint density at radius 3 is 2.62 bits per heavy atom. The van der Waals surface area contributed by atoms with Crippen LogP contribution in [-0.2, 0) is 0 Å². The second-order valence-electron chi connectivity index (χ2n) is 4.24. The molecule has 0 atom stereocenters. The van der Waals surface area contributed by atoms with Crippen LogP contribution in [0, 0.1) is 6.92 Å². The minimum Gasteiger partial charge on any atom is -0.466 e. The first-order valence-corrected chi connectivity index (χ1v) is 6.44. The number of oxime groups is 1. The van der Waals surface area contributed by atoms with Gasteiger partial charge in [-0.2, -0.15) is 0 Å². The van der Waals surface area contributed by atoms with E-state index in [0.717, 1.165) is 6.21 Å². The van der Waals surface area contributed by atoms with Crippen molar-refractivity contribution < 1.29 is 9.94 Å². The molecule has 0 radical (unpaired) electrons. The van der Waals surface area contributed by atoms with E-state index in [-0.39, 0.29) is 10.5 Å². The van der Waals surface area contributed by atoms with Gasteiger partial charge in [0.2, 0.25) is 5.43 Å². The van der Waals surface area contributed by atoms with E-state index in [2.05, 4.69) is 16.7 Å². The highest BCUT2D eigenvalue weighted by atomic mass is 35.5. The molecule has 5 nitrogen and oxygen atoms in total. The van der Waals surface area contributed by atoms with Gasteiger partial charge in [0.1, 0.15) is 10.8 Å². The molecule has 21 heavy (non-hydrogen) atoms. The number of nitrogens with zero attached hydrogens (tertiary/aromatic N) is 1. The zero-order valence-electron chi connectivity index (χ0n) is 11.3. The molecule has 0 fully saturated rings. The summed E-state index contributed by atoms with van der Waals surface area (Å²) in [6.45, 7) is 5.14. The number of benzene rings is 1. The highest BCUT2D eigenvalue weighted by molar-refractivity contribution is 6.31. The molecule has 0 aliphatic heterocycles. The largest absolute Gasteiger partial charge is 0.466 e. The minimum atomic E-state index is -0.333. The number of rotatable bonds is 4. The van der Waals surface area contributed by atoms with Gasteiger partial charge in [0.25, 0.3) is 0 Å². The van der Waals surface area contributed by atoms with Crippen LogP contribution < -0.4 is 10.2 Å². The molecule has 0 bridgehead atoms. The van der Waals surface area contributed by atoms with Crippen LogP contribution in [0.4, 0.5) is 0 Å². The fraction of sp³-hybridized carbons (Fsp3) is 0.0667. The zero-order chi connectivity index (χ0) is 15.4. The van der Waals surface area contributed by atoms with Gasteiger partial charge in [0, 0.05) is 5.69 Å². The molecule has 6 heteroatoms. The van der Waals surface area contributed by atoms with Crippen LogP contribution in [0.2, 0.25) is 5.02 Å². The minimum absolute atomic E-state index is 0.103. The van der Waals surface area contributed by atoms with Crippen LogP contribution in [0.3, 0.4) is 0 Å². The van der Waals surface area contributed by atoms with Crippen molar-refractivity contribution in [3.8, 4) is 16.9 Å². The third-order valence-electron chi connectivity index (χ3n) is 2.90. The molecule has 2 rings (SSSR count). The number of hydrogen-bond donors (Lipinski definition) is 2. The van der Waals surface area contributed by atoms with Gasteiger partial charge >= 0.3 is 0 Å². The van der Waals surface area contributed by atoms with E-state index in [1.807, 2.05) is 0 Å². The second-order valence-corrected chi connectivity index (χ2v) is 4.61. The third-order valence-corrected chi connectivity index (χ3v) is 3.35. The molecule has 0 saturated heterocycles. The van der Waals surface area contributed by atoms with Gasteiger partial charge in [-0.15, -0.1) is 0 Å². The van der Waals surface area contributed by atoms with E-state index in [4.69, 9.17) is 21.5 Å². The van der Waals surface area contributed by atoms with E-state index in [0.29, 0.717) is 28.3 Å². The Kier molecular flexibility index (Phi) is 4.45. The fourth-order valence-electron chi connectivity index (χ4n) is 1.96. The molecular weight excluding hydrogens is 292 g/mol. The zero-order valence-corrected chi connectivity index (χ0v) is 12.0. The summed E-state index contributed by atoms with van der Waals surface area (Å²) >= 11 is 6.00. The normalized spacial score (nSPS) is 10.8. The van der Waals surface area contributed by atoms with Crippen molar-refractivity contribution in [1.82, 2.24) is 4.98 Å². The van der Waals surface area contributed by atoms with Crippen LogP contribution in [-0.4, -0.2) is 16.4 Å². The van der Waals surface area contributed by atoms with Crippen LogP contribution in [0.15, 0.2) is 47.1 Å². The van der Waals surface area contributed by atoms with E-state index in [1.165, 1.54) is 6.26 Å². The summed E-state index contributed by atoms with van der Waals surface area (Å²) in [7, 11) is 0. The van der Waals surface area contributed by atoms with E-state index < -0.39 is 0 Å². The average Bonchev–Trinajstić information content (AvgIpc) is 2.47. The predicted octanol–water partition coefficient (Wildman–Crippen LogP) is 3.33. The molecule has 2 N–H and O–H groups in total. The van der Waals surface area contributed by atoms with Crippen molar-refractivity contribution in [2.75, 3.05) is 0 Å². The van der Waals surface area contributed by atoms with Crippen LogP contribution in [0.1, 0.15) is 11.4 Å². The fourth-order valence-corrected chi connectivity index (χ4v) is 2.10. The molecule has 108 valence electrons. The number of H-pyrrole nitrogens is 1. The van der Waals surface area contributed by atoms with Crippen LogP contribution >= 0.6 is 11.6 Å². The monoisotopic (exact) mass is 304 g/mol. The van der Waals surface area contributed by atoms with Crippen molar-refractivity contribution in [2.24, 2.45) is 5.16 Å². The maximum absolute atomic E-state index is 12.4. The first-order valence-electron chi connectivity index (χ1n) is 6.06. The van der Waals surface area contributed by atoms with Gasteiger partial charge in [-0.25, -0.2) is 0 Å². The molecule has 0 unspecified atom stereocenters. The molecular formula is C15H13ClN2O3. The van der Waals surface area contributed by atoms with Gasteiger partial charge in [0.05, 0.1) is 23.7 Å². The van der Waals surface area contributed by atoms with Gasteiger partial charge in [0.15, 0.2) is 0 Å². The van der Waals surface area contributed by atoms with E-state index in [9.17, 15) is 4.79 Å². The Hall–Kier alpha value is -2.53. The highest BCUT2D eigenvalue weighted by Gasteiger charge is 2.14. The van der Waals surface area contributed by atoms with Crippen LogP contribution in [0.25, 0.3) is 11.1 Å². The van der Waals surface area contributed by atoms with Gasteiger partial charge in [-0.1, -0.05) is 35.5 Å². The van der Waals surface area contributed by atoms with Crippen molar-refractivity contribution >= 4 is 17.8 Å². The Bertz CT molecular complexity index is 749. The van der Waals surface area contributed by atoms with Crippen LogP contribution in [0.5, 0.6) is 5.75 Å². The number of nitrogens with one attached hydrogen (secondary N) is 1. The summed E-state index contributed by atoms with van der Waals surface area (Å²) in [6.07, 6.45) is 2.47. The molecule has 0 amide bonds. The molecule has 1 heterocycles. The molecule has 0 saturated carbocycles. The summed E-state index contributed by atoms with van der Waals surface area (Å²) in [6, 6.07) is 6.82. The van der Waals surface area contributed by atoms with Gasteiger partial charge in [-0.05, 0) is 24.6 Å². The third kappa shape index (κ3) is 2.98. The van der Waals surface area contributed by atoms with Gasteiger partial charge in [-0.3, -0.25) is 4.79 Å². The smallest absolute Gasteiger partial charge is 0.208 e. The number of aryl methyl sites for hydroxylation is 1. The van der Waals surface area contributed by atoms with Gasteiger partial charge < -0.3 is 14.9 Å². The number of hydrogen-bond acceptors (Lipinski definition) is 4. The first kappa shape index (κ1) is 14.9. The molecule has 0 aliphatic rings. The lowest BCUT2D eigenvalue weighted by Gasteiger charge is -2.09. The summed E-state index contributed by atoms with van der Waals surface area (Å²) in [5.74, 6) is 0.598. The summed E-state index contributed by atoms with van der Waals surface area (Å²) in [4.78, 5) is 15.3. The number of ether oxygens (including phenoxy) is 1. The molecule has 0 spiro atoms. The quantitative estimate of drug-likeness (QED) is 0.394. The van der Waals surface area contributed by atoms with Crippen molar-refractivity contribution in [3.05, 3.63) is 63.7 Å². The van der Waals surface area contributed by atoms with E-state index >= 15 is 0 Å². The Balaban J connectivity index is 2.64. The van der Waals surface area contributed by atoms with Crippen molar-refractivity contribution in [2.45, 2.75) is 6.92 Å². The predicted molar refractivity (Wildman–Crippen MR) is 82.5 cm³/mol. The van der Waals surface area contributed by atoms with Crippen molar-refractivity contribution in [3.63, 3.8) is 0 Å². The highest BCUT2D eigenvalue weighted by Crippen LogP contribution is 2.24. The molecule has 1 aromatic heterocycles. The maximum atomic E-state index is 12.4. The Morgan fingerprint density at radius 1 is 1.38 bits per heavy atom. The number of aromatic amines is 1. The lowest BCUT2D eigenvalue weighted by Crippen LogP contribution is -2.13.